The number of aryl methyl sites for hydroxylation is 1. The molecule has 5 rings (SSSR count). The van der Waals surface area contributed by atoms with Crippen LogP contribution in [0.15, 0.2) is 57.5 Å². The van der Waals surface area contributed by atoms with E-state index < -0.39 is 0 Å². The number of aromatic nitrogens is 2. The van der Waals surface area contributed by atoms with Crippen LogP contribution in [0.3, 0.4) is 0 Å². The first kappa shape index (κ1) is 23.9. The summed E-state index contributed by atoms with van der Waals surface area (Å²) < 4.78 is 22.0. The van der Waals surface area contributed by atoms with Crippen molar-refractivity contribution in [3.63, 3.8) is 0 Å². The van der Waals surface area contributed by atoms with Gasteiger partial charge in [-0.3, -0.25) is 4.79 Å². The minimum absolute atomic E-state index is 0.220. The molecule has 1 aliphatic rings. The third kappa shape index (κ3) is 4.71. The number of hydrogen-bond acceptors (Lipinski definition) is 9. The molecule has 0 radical (unpaired) electrons. The van der Waals surface area contributed by atoms with Crippen LogP contribution in [0, 0.1) is 18.3 Å². The smallest absolute Gasteiger partial charge is 0.276 e. The van der Waals surface area contributed by atoms with Crippen molar-refractivity contribution < 1.29 is 23.2 Å². The number of piperazine rings is 1. The molecule has 0 spiro atoms. The Kier molecular flexibility index (Phi) is 6.51. The molecule has 10 heteroatoms. The fourth-order valence-corrected chi connectivity index (χ4v) is 4.20. The van der Waals surface area contributed by atoms with Crippen molar-refractivity contribution in [3.05, 3.63) is 65.5 Å². The number of carbonyl (C=O) groups is 1. The number of hydrogen-bond donors (Lipinski definition) is 0. The molecule has 1 amide bonds. The van der Waals surface area contributed by atoms with Crippen molar-refractivity contribution in [1.82, 2.24) is 15.0 Å². The molecule has 0 unspecified atom stereocenters. The standard InChI is InChI=1S/C27H25N5O5/c1-17-4-6-18(7-5-17)25-29-21(16-28)27(36-25)32-12-10-31(11-13-32)26(33)20-15-23(37-30-20)19-8-9-22(34-2)24(14-19)35-3/h4-9,14-15H,10-13H2,1-3H3. The lowest BCUT2D eigenvalue weighted by Gasteiger charge is -2.34. The van der Waals surface area contributed by atoms with E-state index in [0.717, 1.165) is 11.1 Å². The van der Waals surface area contributed by atoms with Gasteiger partial charge < -0.3 is 28.2 Å². The van der Waals surface area contributed by atoms with Crippen LogP contribution in [-0.2, 0) is 0 Å². The topological polar surface area (TPSA) is 118 Å². The fraction of sp³-hybridized carbons (Fsp3) is 0.259. The van der Waals surface area contributed by atoms with Crippen LogP contribution < -0.4 is 14.4 Å². The average molecular weight is 500 g/mol. The van der Waals surface area contributed by atoms with Gasteiger partial charge in [-0.25, -0.2) is 0 Å². The molecule has 0 bridgehead atoms. The van der Waals surface area contributed by atoms with Crippen molar-refractivity contribution in [3.8, 4) is 40.3 Å². The van der Waals surface area contributed by atoms with Gasteiger partial charge in [0.2, 0.25) is 17.5 Å². The SMILES string of the molecule is COc1ccc(-c2cc(C(=O)N3CCN(c4oc(-c5ccc(C)cc5)nc4C#N)CC3)no2)cc1OC. The fourth-order valence-electron chi connectivity index (χ4n) is 4.20. The van der Waals surface area contributed by atoms with E-state index in [1.54, 1.807) is 37.3 Å². The first-order valence-corrected chi connectivity index (χ1v) is 11.7. The summed E-state index contributed by atoms with van der Waals surface area (Å²) in [5.74, 6) is 2.19. The molecule has 37 heavy (non-hydrogen) atoms. The normalized spacial score (nSPS) is 13.4. The summed E-state index contributed by atoms with van der Waals surface area (Å²) in [7, 11) is 3.12. The molecule has 1 saturated heterocycles. The first-order chi connectivity index (χ1) is 18.0. The molecule has 2 aromatic carbocycles. The maximum absolute atomic E-state index is 13.1. The van der Waals surface area contributed by atoms with Crippen molar-refractivity contribution in [1.29, 1.82) is 5.26 Å². The number of ether oxygens (including phenoxy) is 2. The van der Waals surface area contributed by atoms with Crippen LogP contribution in [0.5, 0.6) is 11.5 Å². The van der Waals surface area contributed by atoms with E-state index >= 15 is 0 Å². The van der Waals surface area contributed by atoms with Crippen LogP contribution >= 0.6 is 0 Å². The quantitative estimate of drug-likeness (QED) is 0.385. The summed E-state index contributed by atoms with van der Waals surface area (Å²) in [4.78, 5) is 21.1. The van der Waals surface area contributed by atoms with Gasteiger partial charge in [-0.15, -0.1) is 0 Å². The molecule has 0 saturated carbocycles. The predicted molar refractivity (Wildman–Crippen MR) is 135 cm³/mol. The summed E-state index contributed by atoms with van der Waals surface area (Å²) in [5.41, 5.74) is 3.09. The lowest BCUT2D eigenvalue weighted by molar-refractivity contribution is 0.0735. The second-order valence-corrected chi connectivity index (χ2v) is 8.58. The molecular weight excluding hydrogens is 474 g/mol. The van der Waals surface area contributed by atoms with Crippen molar-refractivity contribution in [2.24, 2.45) is 0 Å². The number of amides is 1. The number of methoxy groups -OCH3 is 2. The number of nitrogens with zero attached hydrogens (tertiary/aromatic N) is 5. The van der Waals surface area contributed by atoms with Gasteiger partial charge in [0, 0.05) is 43.4 Å². The van der Waals surface area contributed by atoms with Gasteiger partial charge in [-0.2, -0.15) is 10.2 Å². The molecule has 0 N–H and O–H groups in total. The van der Waals surface area contributed by atoms with Gasteiger partial charge in [0.25, 0.3) is 5.91 Å². The van der Waals surface area contributed by atoms with Gasteiger partial charge in [-0.05, 0) is 37.3 Å². The highest BCUT2D eigenvalue weighted by Crippen LogP contribution is 2.33. The maximum atomic E-state index is 13.1. The number of oxazole rings is 1. The summed E-state index contributed by atoms with van der Waals surface area (Å²) >= 11 is 0. The number of rotatable bonds is 6. The summed E-state index contributed by atoms with van der Waals surface area (Å²) in [6.45, 7) is 3.85. The highest BCUT2D eigenvalue weighted by molar-refractivity contribution is 5.93. The van der Waals surface area contributed by atoms with Crippen LogP contribution in [0.1, 0.15) is 21.7 Å². The Labute approximate surface area is 213 Å². The molecule has 0 aliphatic carbocycles. The van der Waals surface area contributed by atoms with Crippen LogP contribution in [0.4, 0.5) is 5.88 Å². The summed E-state index contributed by atoms with van der Waals surface area (Å²) in [6.07, 6.45) is 0. The average Bonchev–Trinajstić information content (AvgIpc) is 3.61. The second-order valence-electron chi connectivity index (χ2n) is 8.58. The number of benzene rings is 2. The van der Waals surface area contributed by atoms with E-state index in [1.165, 1.54) is 0 Å². The number of nitriles is 1. The van der Waals surface area contributed by atoms with E-state index in [2.05, 4.69) is 16.2 Å². The largest absolute Gasteiger partial charge is 0.493 e. The molecule has 4 aromatic rings. The highest BCUT2D eigenvalue weighted by Gasteiger charge is 2.28. The van der Waals surface area contributed by atoms with Gasteiger partial charge >= 0.3 is 0 Å². The molecular formula is C27H25N5O5. The summed E-state index contributed by atoms with van der Waals surface area (Å²) in [6, 6.07) is 16.8. The van der Waals surface area contributed by atoms with E-state index in [4.69, 9.17) is 18.4 Å². The lowest BCUT2D eigenvalue weighted by atomic mass is 10.1. The maximum Gasteiger partial charge on any atom is 0.276 e. The van der Waals surface area contributed by atoms with Gasteiger partial charge in [-0.1, -0.05) is 22.9 Å². The molecule has 188 valence electrons. The van der Waals surface area contributed by atoms with Gasteiger partial charge in [0.05, 0.1) is 14.2 Å². The molecule has 3 heterocycles. The Morgan fingerprint density at radius 2 is 1.68 bits per heavy atom. The molecule has 1 fully saturated rings. The van der Waals surface area contributed by atoms with E-state index in [0.29, 0.717) is 60.8 Å². The Balaban J connectivity index is 1.27. The Morgan fingerprint density at radius 1 is 0.973 bits per heavy atom. The van der Waals surface area contributed by atoms with Gasteiger partial charge in [0.15, 0.2) is 23.0 Å². The third-order valence-electron chi connectivity index (χ3n) is 6.27. The van der Waals surface area contributed by atoms with Crippen molar-refractivity contribution in [2.45, 2.75) is 6.92 Å². The minimum Gasteiger partial charge on any atom is -0.493 e. The van der Waals surface area contributed by atoms with Crippen LogP contribution in [0.2, 0.25) is 0 Å². The minimum atomic E-state index is -0.228. The van der Waals surface area contributed by atoms with Crippen LogP contribution in [-0.4, -0.2) is 61.3 Å². The monoisotopic (exact) mass is 499 g/mol. The second kappa shape index (κ2) is 10.1. The Bertz CT molecular complexity index is 1460. The lowest BCUT2D eigenvalue weighted by Crippen LogP contribution is -2.49. The third-order valence-corrected chi connectivity index (χ3v) is 6.27. The zero-order valence-corrected chi connectivity index (χ0v) is 20.7. The first-order valence-electron chi connectivity index (χ1n) is 11.7. The molecule has 10 nitrogen and oxygen atoms in total. The van der Waals surface area contributed by atoms with Crippen molar-refractivity contribution in [2.75, 3.05) is 45.3 Å². The molecule has 0 atom stereocenters. The Hall–Kier alpha value is -4.78. The molecule has 2 aromatic heterocycles. The predicted octanol–water partition coefficient (Wildman–Crippen LogP) is 4.16. The van der Waals surface area contributed by atoms with Crippen LogP contribution in [0.25, 0.3) is 22.8 Å². The number of carbonyl (C=O) groups excluding carboxylic acids is 1. The van der Waals surface area contributed by atoms with E-state index in [1.807, 2.05) is 42.2 Å². The van der Waals surface area contributed by atoms with Gasteiger partial charge in [0.1, 0.15) is 6.07 Å². The van der Waals surface area contributed by atoms with Crippen molar-refractivity contribution >= 4 is 11.8 Å². The highest BCUT2D eigenvalue weighted by atomic mass is 16.5. The molecule has 1 aliphatic heterocycles. The zero-order chi connectivity index (χ0) is 25.9. The zero-order valence-electron chi connectivity index (χ0n) is 20.7. The van der Waals surface area contributed by atoms with E-state index in [-0.39, 0.29) is 17.3 Å². The van der Waals surface area contributed by atoms with E-state index in [9.17, 15) is 10.1 Å². The summed E-state index contributed by atoms with van der Waals surface area (Å²) in [5, 5.41) is 13.6. The Morgan fingerprint density at radius 3 is 2.35 bits per heavy atom. The number of anilines is 1.